The van der Waals surface area contributed by atoms with Crippen molar-refractivity contribution in [3.63, 3.8) is 0 Å². The summed E-state index contributed by atoms with van der Waals surface area (Å²) in [5, 5.41) is 7.29. The Labute approximate surface area is 123 Å². The van der Waals surface area contributed by atoms with Crippen molar-refractivity contribution in [2.45, 2.75) is 19.9 Å². The van der Waals surface area contributed by atoms with Gasteiger partial charge >= 0.3 is 0 Å². The van der Waals surface area contributed by atoms with Crippen LogP contribution < -0.4 is 5.32 Å². The number of halogens is 1. The van der Waals surface area contributed by atoms with E-state index in [0.29, 0.717) is 22.8 Å². The predicted octanol–water partition coefficient (Wildman–Crippen LogP) is 2.15. The predicted molar refractivity (Wildman–Crippen MR) is 77.3 cm³/mol. The van der Waals surface area contributed by atoms with Gasteiger partial charge in [-0.05, 0) is 25.5 Å². The lowest BCUT2D eigenvalue weighted by Gasteiger charge is -2.30. The van der Waals surface area contributed by atoms with E-state index in [4.69, 9.17) is 4.52 Å². The Hall–Kier alpha value is -1.79. The molecular formula is C15H19FN4O. The number of hydrogen-bond acceptors (Lipinski definition) is 5. The highest BCUT2D eigenvalue weighted by atomic mass is 19.1. The summed E-state index contributed by atoms with van der Waals surface area (Å²) in [6.07, 6.45) is 0. The number of benzene rings is 1. The molecule has 1 saturated heterocycles. The molecule has 0 amide bonds. The molecular weight excluding hydrogens is 271 g/mol. The van der Waals surface area contributed by atoms with Crippen LogP contribution in [-0.2, 0) is 0 Å². The van der Waals surface area contributed by atoms with E-state index < -0.39 is 0 Å². The molecule has 1 aliphatic rings. The molecule has 0 spiro atoms. The van der Waals surface area contributed by atoms with Crippen molar-refractivity contribution in [2.24, 2.45) is 0 Å². The third kappa shape index (κ3) is 2.96. The molecule has 2 heterocycles. The fourth-order valence-electron chi connectivity index (χ4n) is 2.48. The molecule has 0 saturated carbocycles. The molecule has 0 aliphatic carbocycles. The van der Waals surface area contributed by atoms with E-state index in [2.05, 4.69) is 27.3 Å². The minimum Gasteiger partial charge on any atom is -0.337 e. The second-order valence-electron chi connectivity index (χ2n) is 5.38. The first-order valence-electron chi connectivity index (χ1n) is 7.20. The van der Waals surface area contributed by atoms with E-state index in [1.54, 1.807) is 13.0 Å². The van der Waals surface area contributed by atoms with Gasteiger partial charge in [0.15, 0.2) is 0 Å². The Morgan fingerprint density at radius 1 is 1.33 bits per heavy atom. The zero-order valence-electron chi connectivity index (χ0n) is 12.3. The molecule has 1 fully saturated rings. The number of rotatable bonds is 3. The maximum absolute atomic E-state index is 13.6. The molecule has 1 aromatic heterocycles. The topological polar surface area (TPSA) is 54.2 Å². The van der Waals surface area contributed by atoms with Crippen LogP contribution in [0.3, 0.4) is 0 Å². The Bertz CT molecular complexity index is 622. The van der Waals surface area contributed by atoms with Gasteiger partial charge in [0.1, 0.15) is 5.82 Å². The van der Waals surface area contributed by atoms with Gasteiger partial charge in [0, 0.05) is 31.7 Å². The lowest BCUT2D eigenvalue weighted by molar-refractivity contribution is 0.154. The van der Waals surface area contributed by atoms with Crippen molar-refractivity contribution in [1.82, 2.24) is 20.4 Å². The first kappa shape index (κ1) is 14.2. The number of aryl methyl sites for hydroxylation is 1. The van der Waals surface area contributed by atoms with Gasteiger partial charge in [-0.1, -0.05) is 17.3 Å². The molecule has 2 aromatic rings. The van der Waals surface area contributed by atoms with Gasteiger partial charge in [0.05, 0.1) is 6.04 Å². The number of nitrogens with one attached hydrogen (secondary N) is 1. The van der Waals surface area contributed by atoms with Crippen molar-refractivity contribution >= 4 is 0 Å². The van der Waals surface area contributed by atoms with Gasteiger partial charge in [0.25, 0.3) is 0 Å². The minimum atomic E-state index is -0.256. The van der Waals surface area contributed by atoms with Crippen LogP contribution in [-0.4, -0.2) is 41.2 Å². The largest absolute Gasteiger partial charge is 0.337 e. The molecule has 1 N–H and O–H groups in total. The molecule has 0 bridgehead atoms. The molecule has 21 heavy (non-hydrogen) atoms. The fraction of sp³-hybridized carbons (Fsp3) is 0.467. The summed E-state index contributed by atoms with van der Waals surface area (Å²) in [5.74, 6) is 0.757. The molecule has 0 radical (unpaired) electrons. The maximum Gasteiger partial charge on any atom is 0.244 e. The van der Waals surface area contributed by atoms with Crippen molar-refractivity contribution in [2.75, 3.05) is 26.2 Å². The molecule has 3 rings (SSSR count). The Balaban J connectivity index is 1.80. The van der Waals surface area contributed by atoms with Gasteiger partial charge in [0.2, 0.25) is 11.7 Å². The van der Waals surface area contributed by atoms with Crippen LogP contribution in [0.5, 0.6) is 0 Å². The Morgan fingerprint density at radius 2 is 2.10 bits per heavy atom. The zero-order chi connectivity index (χ0) is 14.8. The van der Waals surface area contributed by atoms with Crippen LogP contribution in [0.25, 0.3) is 11.4 Å². The van der Waals surface area contributed by atoms with Crippen molar-refractivity contribution in [3.05, 3.63) is 35.5 Å². The van der Waals surface area contributed by atoms with Crippen LogP contribution in [0, 0.1) is 12.7 Å². The van der Waals surface area contributed by atoms with Crippen LogP contribution in [0.15, 0.2) is 22.7 Å². The van der Waals surface area contributed by atoms with Crippen molar-refractivity contribution < 1.29 is 8.91 Å². The van der Waals surface area contributed by atoms with Gasteiger partial charge < -0.3 is 9.84 Å². The van der Waals surface area contributed by atoms with E-state index in [-0.39, 0.29) is 11.9 Å². The lowest BCUT2D eigenvalue weighted by atomic mass is 10.1. The van der Waals surface area contributed by atoms with Gasteiger partial charge in [-0.15, -0.1) is 0 Å². The number of nitrogens with zero attached hydrogens (tertiary/aromatic N) is 3. The maximum atomic E-state index is 13.6. The van der Waals surface area contributed by atoms with Crippen molar-refractivity contribution in [3.8, 4) is 11.4 Å². The average molecular weight is 290 g/mol. The molecule has 1 atom stereocenters. The minimum absolute atomic E-state index is 0.0728. The highest BCUT2D eigenvalue weighted by molar-refractivity contribution is 5.54. The summed E-state index contributed by atoms with van der Waals surface area (Å²) < 4.78 is 19.0. The fourth-order valence-corrected chi connectivity index (χ4v) is 2.48. The number of piperazine rings is 1. The lowest BCUT2D eigenvalue weighted by Crippen LogP contribution is -2.44. The first-order chi connectivity index (χ1) is 10.1. The molecule has 112 valence electrons. The second kappa shape index (κ2) is 5.91. The van der Waals surface area contributed by atoms with Crippen molar-refractivity contribution in [1.29, 1.82) is 0 Å². The van der Waals surface area contributed by atoms with E-state index in [0.717, 1.165) is 26.2 Å². The molecule has 5 nitrogen and oxygen atoms in total. The SMILES string of the molecule is Cc1ccc(-c2noc(C(C)N3CCNCC3)n2)cc1F. The van der Waals surface area contributed by atoms with Crippen LogP contribution >= 0.6 is 0 Å². The van der Waals surface area contributed by atoms with E-state index in [1.165, 1.54) is 6.07 Å². The van der Waals surface area contributed by atoms with Gasteiger partial charge in [-0.25, -0.2) is 4.39 Å². The Morgan fingerprint density at radius 3 is 2.81 bits per heavy atom. The van der Waals surface area contributed by atoms with Gasteiger partial charge in [-0.3, -0.25) is 4.90 Å². The summed E-state index contributed by atoms with van der Waals surface area (Å²) in [5.41, 5.74) is 1.25. The molecule has 1 aliphatic heterocycles. The summed E-state index contributed by atoms with van der Waals surface area (Å²) >= 11 is 0. The van der Waals surface area contributed by atoms with Crippen LogP contribution in [0.1, 0.15) is 24.4 Å². The number of hydrogen-bond donors (Lipinski definition) is 1. The molecule has 6 heteroatoms. The molecule has 1 aromatic carbocycles. The summed E-state index contributed by atoms with van der Waals surface area (Å²) in [6.45, 7) is 7.63. The van der Waals surface area contributed by atoms with E-state index in [9.17, 15) is 4.39 Å². The standard InChI is InChI=1S/C15H19FN4O/c1-10-3-4-12(9-13(10)16)14-18-15(21-19-14)11(2)20-7-5-17-6-8-20/h3-4,9,11,17H,5-8H2,1-2H3. The quantitative estimate of drug-likeness (QED) is 0.938. The third-order valence-corrected chi connectivity index (χ3v) is 3.93. The zero-order valence-corrected chi connectivity index (χ0v) is 12.3. The Kier molecular flexibility index (Phi) is 3.98. The summed E-state index contributed by atoms with van der Waals surface area (Å²) in [4.78, 5) is 6.72. The number of aromatic nitrogens is 2. The summed E-state index contributed by atoms with van der Waals surface area (Å²) in [6, 6.07) is 5.05. The van der Waals surface area contributed by atoms with Gasteiger partial charge in [-0.2, -0.15) is 4.98 Å². The van der Waals surface area contributed by atoms with E-state index in [1.807, 2.05) is 6.07 Å². The first-order valence-corrected chi connectivity index (χ1v) is 7.20. The van der Waals surface area contributed by atoms with Crippen LogP contribution in [0.4, 0.5) is 4.39 Å². The molecule has 1 unspecified atom stereocenters. The summed E-state index contributed by atoms with van der Waals surface area (Å²) in [7, 11) is 0. The third-order valence-electron chi connectivity index (χ3n) is 3.93. The van der Waals surface area contributed by atoms with Crippen LogP contribution in [0.2, 0.25) is 0 Å². The second-order valence-corrected chi connectivity index (χ2v) is 5.38. The average Bonchev–Trinajstić information content (AvgIpc) is 3.00. The monoisotopic (exact) mass is 290 g/mol. The smallest absolute Gasteiger partial charge is 0.244 e. The highest BCUT2D eigenvalue weighted by Crippen LogP contribution is 2.23. The highest BCUT2D eigenvalue weighted by Gasteiger charge is 2.23. The van der Waals surface area contributed by atoms with E-state index >= 15 is 0 Å². The normalized spacial score (nSPS) is 17.9.